The molecule has 0 atom stereocenters. The Morgan fingerprint density at radius 1 is 0.750 bits per heavy atom. The van der Waals surface area contributed by atoms with Crippen LogP contribution in [0.2, 0.25) is 5.02 Å². The third kappa shape index (κ3) is 3.39. The van der Waals surface area contributed by atoms with Crippen LogP contribution in [0, 0.1) is 6.08 Å². The lowest BCUT2D eigenvalue weighted by Crippen LogP contribution is -2.68. The lowest BCUT2D eigenvalue weighted by Gasteiger charge is -2.33. The van der Waals surface area contributed by atoms with Gasteiger partial charge in [0.05, 0.1) is 10.2 Å². The SMILES string of the molecule is Clc1c(Br)cc([Si](C2=CC=[C+]C=C2)(c2ccccc2)c2ccccc2)cc1Br. The summed E-state index contributed by atoms with van der Waals surface area (Å²) in [5.41, 5.74) is 0. The summed E-state index contributed by atoms with van der Waals surface area (Å²) in [6.07, 6.45) is 11.6. The van der Waals surface area contributed by atoms with E-state index in [1.165, 1.54) is 20.8 Å². The van der Waals surface area contributed by atoms with E-state index in [1.807, 2.05) is 12.2 Å². The van der Waals surface area contributed by atoms with Crippen LogP contribution in [0.3, 0.4) is 0 Å². The quantitative estimate of drug-likeness (QED) is 0.176. The smallest absolute Gasteiger partial charge is 0.0819 e. The van der Waals surface area contributed by atoms with E-state index in [-0.39, 0.29) is 0 Å². The maximum absolute atomic E-state index is 6.45. The minimum atomic E-state index is -2.52. The highest BCUT2D eigenvalue weighted by atomic mass is 79.9. The predicted octanol–water partition coefficient (Wildman–Crippen LogP) is 5.73. The van der Waals surface area contributed by atoms with Gasteiger partial charge in [0.25, 0.3) is 0 Å². The Labute approximate surface area is 188 Å². The van der Waals surface area contributed by atoms with E-state index in [0.717, 1.165) is 8.95 Å². The molecule has 0 heterocycles. The van der Waals surface area contributed by atoms with Crippen molar-refractivity contribution in [1.29, 1.82) is 0 Å². The minimum Gasteiger partial charge on any atom is -0.0819 e. The van der Waals surface area contributed by atoms with Crippen LogP contribution in [0.15, 0.2) is 111 Å². The van der Waals surface area contributed by atoms with Gasteiger partial charge in [0.1, 0.15) is 12.2 Å². The third-order valence-electron chi connectivity index (χ3n) is 4.98. The lowest BCUT2D eigenvalue weighted by molar-refractivity contribution is 1.58. The fourth-order valence-electron chi connectivity index (χ4n) is 3.79. The van der Waals surface area contributed by atoms with Gasteiger partial charge in [-0.1, -0.05) is 72.3 Å². The Bertz CT molecular complexity index is 1020. The molecule has 4 heteroatoms. The summed E-state index contributed by atoms with van der Waals surface area (Å²) < 4.78 is 1.79. The third-order valence-corrected chi connectivity index (χ3v) is 11.8. The molecule has 28 heavy (non-hydrogen) atoms. The van der Waals surface area contributed by atoms with Crippen molar-refractivity contribution < 1.29 is 0 Å². The van der Waals surface area contributed by atoms with Crippen LogP contribution in [0.1, 0.15) is 0 Å². The molecule has 0 N–H and O–H groups in total. The lowest BCUT2D eigenvalue weighted by atomic mass is 10.3. The van der Waals surface area contributed by atoms with Crippen LogP contribution in [0.25, 0.3) is 0 Å². The summed E-state index contributed by atoms with van der Waals surface area (Å²) in [6.45, 7) is 0. The Balaban J connectivity index is 2.15. The van der Waals surface area contributed by atoms with Gasteiger partial charge in [-0.25, -0.2) is 0 Å². The van der Waals surface area contributed by atoms with E-state index < -0.39 is 8.07 Å². The van der Waals surface area contributed by atoms with Gasteiger partial charge in [-0.2, -0.15) is 0 Å². The highest BCUT2D eigenvalue weighted by molar-refractivity contribution is 9.11. The molecule has 0 aromatic heterocycles. The van der Waals surface area contributed by atoms with E-state index >= 15 is 0 Å². The average Bonchev–Trinajstić information content (AvgIpc) is 2.75. The molecule has 136 valence electrons. The fourth-order valence-corrected chi connectivity index (χ4v) is 10.3. The second-order valence-corrected chi connectivity index (χ2v) is 12.4. The monoisotopic (exact) mass is 525 g/mol. The second kappa shape index (κ2) is 8.32. The first-order chi connectivity index (χ1) is 13.6. The van der Waals surface area contributed by atoms with Crippen LogP contribution in [-0.4, -0.2) is 8.07 Å². The molecule has 3 aromatic carbocycles. The van der Waals surface area contributed by atoms with Crippen molar-refractivity contribution in [2.45, 2.75) is 0 Å². The van der Waals surface area contributed by atoms with Gasteiger partial charge in [-0.15, -0.1) is 0 Å². The van der Waals surface area contributed by atoms with Gasteiger partial charge in [0.2, 0.25) is 8.07 Å². The largest absolute Gasteiger partial charge is 0.212 e. The Hall–Kier alpha value is -1.74. The molecule has 0 radical (unpaired) electrons. The van der Waals surface area contributed by atoms with Crippen molar-refractivity contribution in [3.8, 4) is 0 Å². The number of rotatable bonds is 4. The van der Waals surface area contributed by atoms with E-state index in [0.29, 0.717) is 5.02 Å². The van der Waals surface area contributed by atoms with E-state index in [4.69, 9.17) is 11.6 Å². The molecule has 1 aliphatic carbocycles. The molecule has 0 aliphatic heterocycles. The van der Waals surface area contributed by atoms with Crippen molar-refractivity contribution in [2.24, 2.45) is 0 Å². The van der Waals surface area contributed by atoms with Gasteiger partial charge in [0.15, 0.2) is 0 Å². The summed E-state index contributed by atoms with van der Waals surface area (Å²) in [4.78, 5) is 0. The zero-order valence-corrected chi connectivity index (χ0v) is 19.8. The van der Waals surface area contributed by atoms with Crippen LogP contribution in [-0.2, 0) is 0 Å². The molecule has 1 aliphatic rings. The number of hydrogen-bond acceptors (Lipinski definition) is 0. The van der Waals surface area contributed by atoms with Gasteiger partial charge in [-0.05, 0) is 59.6 Å². The Morgan fingerprint density at radius 2 is 1.29 bits per heavy atom. The number of allylic oxidation sites excluding steroid dienone is 6. The summed E-state index contributed by atoms with van der Waals surface area (Å²) >= 11 is 13.8. The predicted molar refractivity (Wildman–Crippen MR) is 129 cm³/mol. The van der Waals surface area contributed by atoms with Crippen molar-refractivity contribution in [1.82, 2.24) is 0 Å². The molecule has 0 amide bonds. The first-order valence-corrected chi connectivity index (χ1v) is 12.8. The summed E-state index contributed by atoms with van der Waals surface area (Å²) in [7, 11) is -2.52. The van der Waals surface area contributed by atoms with Crippen molar-refractivity contribution in [3.63, 3.8) is 0 Å². The van der Waals surface area contributed by atoms with Crippen LogP contribution in [0.4, 0.5) is 0 Å². The molecule has 0 saturated carbocycles. The Morgan fingerprint density at radius 3 is 1.75 bits per heavy atom. The van der Waals surface area contributed by atoms with E-state index in [2.05, 4.69) is 123 Å². The molecular weight excluding hydrogens is 512 g/mol. The fraction of sp³-hybridized carbons (Fsp3) is 0. The van der Waals surface area contributed by atoms with Crippen LogP contribution >= 0.6 is 43.5 Å². The van der Waals surface area contributed by atoms with Gasteiger partial charge < -0.3 is 0 Å². The number of hydrogen-bond donors (Lipinski definition) is 0. The maximum Gasteiger partial charge on any atom is 0.212 e. The second-order valence-electron chi connectivity index (χ2n) is 6.52. The molecule has 0 unspecified atom stereocenters. The minimum absolute atomic E-state index is 0.689. The zero-order valence-electron chi connectivity index (χ0n) is 14.9. The summed E-state index contributed by atoms with van der Waals surface area (Å²) in [5, 5.41) is 5.92. The van der Waals surface area contributed by atoms with Gasteiger partial charge >= 0.3 is 0 Å². The molecule has 3 aromatic rings. The van der Waals surface area contributed by atoms with Gasteiger partial charge in [0, 0.05) is 27.2 Å². The zero-order chi connectivity index (χ0) is 19.6. The molecule has 0 fully saturated rings. The van der Waals surface area contributed by atoms with Crippen molar-refractivity contribution in [2.75, 3.05) is 0 Å². The molecule has 4 rings (SSSR count). The standard InChI is InChI=1S/C24H16Br2ClSi/c25-22-16-21(17-23(26)24(22)27)28(18-10-4-1-5-11-18,19-12-6-2-7-13-19)20-14-8-3-9-15-20/h1-2,4-17H/q+1. The van der Waals surface area contributed by atoms with Crippen LogP contribution < -0.4 is 15.6 Å². The van der Waals surface area contributed by atoms with Crippen LogP contribution in [0.5, 0.6) is 0 Å². The Kier molecular flexibility index (Phi) is 5.82. The highest BCUT2D eigenvalue weighted by Gasteiger charge is 2.45. The molecule has 0 nitrogen and oxygen atoms in total. The maximum atomic E-state index is 6.45. The van der Waals surface area contributed by atoms with Crippen molar-refractivity contribution in [3.05, 3.63) is 122 Å². The summed E-state index contributed by atoms with van der Waals surface area (Å²) in [5.74, 6) is 0. The molecule has 0 saturated heterocycles. The number of benzene rings is 3. The molecular formula is C24H16Br2ClSi+. The van der Waals surface area contributed by atoms with Gasteiger partial charge in [-0.3, -0.25) is 0 Å². The topological polar surface area (TPSA) is 0 Å². The number of halogens is 3. The summed E-state index contributed by atoms with van der Waals surface area (Å²) in [6, 6.07) is 25.9. The van der Waals surface area contributed by atoms with Crippen molar-refractivity contribution >= 4 is 67.1 Å². The van der Waals surface area contributed by atoms with E-state index in [9.17, 15) is 0 Å². The normalized spacial score (nSPS) is 13.2. The highest BCUT2D eigenvalue weighted by Crippen LogP contribution is 2.31. The molecule has 0 spiro atoms. The van der Waals surface area contributed by atoms with E-state index in [1.54, 1.807) is 0 Å². The first-order valence-electron chi connectivity index (χ1n) is 8.86. The first kappa shape index (κ1) is 19.6. The molecule has 0 bridgehead atoms. The average molecular weight is 528 g/mol.